The third kappa shape index (κ3) is 10.5. The zero-order valence-electron chi connectivity index (χ0n) is 29.1. The molecule has 4 N–H and O–H groups in total. The van der Waals surface area contributed by atoms with Crippen molar-refractivity contribution < 1.29 is 33.7 Å². The number of rotatable bonds is 15. The van der Waals surface area contributed by atoms with E-state index in [1.54, 1.807) is 7.05 Å². The van der Waals surface area contributed by atoms with Crippen molar-refractivity contribution in [2.75, 3.05) is 20.3 Å². The van der Waals surface area contributed by atoms with E-state index >= 15 is 0 Å². The first-order valence-electron chi connectivity index (χ1n) is 17.2. The highest BCUT2D eigenvalue weighted by Crippen LogP contribution is 2.33. The molecule has 0 aliphatic carbocycles. The van der Waals surface area contributed by atoms with Crippen molar-refractivity contribution in [1.29, 1.82) is 0 Å². The first-order valence-corrected chi connectivity index (χ1v) is 18.1. The summed E-state index contributed by atoms with van der Waals surface area (Å²) in [6, 6.07) is 16.8. The van der Waals surface area contributed by atoms with Gasteiger partial charge in [-0.05, 0) is 49.7 Å². The molecule has 0 bridgehead atoms. The second kappa shape index (κ2) is 17.8. The van der Waals surface area contributed by atoms with E-state index in [2.05, 4.69) is 20.9 Å². The number of hydrogen-bond acceptors (Lipinski definition) is 9. The van der Waals surface area contributed by atoms with Crippen molar-refractivity contribution in [1.82, 2.24) is 25.8 Å². The Balaban J connectivity index is 1.28. The van der Waals surface area contributed by atoms with Gasteiger partial charge in [0, 0.05) is 18.5 Å². The van der Waals surface area contributed by atoms with Gasteiger partial charge in [-0.1, -0.05) is 74.5 Å². The molecule has 0 saturated carbocycles. The van der Waals surface area contributed by atoms with Crippen LogP contribution in [0, 0.1) is 18.8 Å². The highest BCUT2D eigenvalue weighted by Gasteiger charge is 2.44. The lowest BCUT2D eigenvalue weighted by atomic mass is 9.93. The first kappa shape index (κ1) is 37.2. The van der Waals surface area contributed by atoms with Crippen LogP contribution in [0.4, 0.5) is 9.59 Å². The molecule has 7 atom stereocenters. The smallest absolute Gasteiger partial charge is 0.407 e. The van der Waals surface area contributed by atoms with Gasteiger partial charge in [0.25, 0.3) is 0 Å². The van der Waals surface area contributed by atoms with Gasteiger partial charge in [-0.25, -0.2) is 14.6 Å². The number of alkyl carbamates (subject to hydrolysis) is 1. The molecule has 2 saturated heterocycles. The number of fused-ring (bicyclic) bond motifs is 1. The van der Waals surface area contributed by atoms with Crippen LogP contribution < -0.4 is 16.0 Å². The minimum Gasteiger partial charge on any atom is -0.443 e. The molecule has 2 aromatic carbocycles. The zero-order valence-corrected chi connectivity index (χ0v) is 29.9. The number of aliphatic hydroxyl groups is 1. The lowest BCUT2D eigenvalue weighted by Crippen LogP contribution is -2.56. The van der Waals surface area contributed by atoms with E-state index in [-0.39, 0.29) is 37.1 Å². The monoisotopic (exact) mass is 707 g/mol. The fourth-order valence-corrected chi connectivity index (χ4v) is 7.04. The van der Waals surface area contributed by atoms with Gasteiger partial charge in [-0.2, -0.15) is 0 Å². The molecule has 12 nitrogen and oxygen atoms in total. The van der Waals surface area contributed by atoms with Crippen LogP contribution in [0.3, 0.4) is 0 Å². The van der Waals surface area contributed by atoms with Gasteiger partial charge in [0.2, 0.25) is 5.91 Å². The molecule has 3 heterocycles. The Labute approximate surface area is 297 Å². The molecule has 0 spiro atoms. The molecule has 4 amide bonds. The van der Waals surface area contributed by atoms with Crippen molar-refractivity contribution in [2.24, 2.45) is 11.8 Å². The van der Waals surface area contributed by atoms with Gasteiger partial charge in [0.05, 0.1) is 48.5 Å². The van der Waals surface area contributed by atoms with Gasteiger partial charge >= 0.3 is 12.1 Å². The summed E-state index contributed by atoms with van der Waals surface area (Å²) in [5.74, 6) is -0.599. The van der Waals surface area contributed by atoms with Crippen LogP contribution in [-0.4, -0.2) is 89.9 Å². The highest BCUT2D eigenvalue weighted by atomic mass is 32.1. The topological polar surface area (TPSA) is 151 Å². The fourth-order valence-electron chi connectivity index (χ4n) is 6.43. The van der Waals surface area contributed by atoms with E-state index in [9.17, 15) is 19.5 Å². The summed E-state index contributed by atoms with van der Waals surface area (Å²) in [5, 5.41) is 23.5. The Morgan fingerprint density at radius 1 is 1.00 bits per heavy atom. The molecule has 2 aliphatic rings. The van der Waals surface area contributed by atoms with E-state index in [0.29, 0.717) is 26.0 Å². The lowest BCUT2D eigenvalue weighted by molar-refractivity contribution is -0.124. The summed E-state index contributed by atoms with van der Waals surface area (Å²) in [7, 11) is 1.67. The van der Waals surface area contributed by atoms with E-state index in [0.717, 1.165) is 28.2 Å². The van der Waals surface area contributed by atoms with Gasteiger partial charge in [-0.15, -0.1) is 11.3 Å². The fraction of sp³-hybridized carbons (Fsp3) is 0.514. The van der Waals surface area contributed by atoms with Gasteiger partial charge in [-0.3, -0.25) is 4.79 Å². The number of nitrogens with zero attached hydrogens (tertiary/aromatic N) is 2. The summed E-state index contributed by atoms with van der Waals surface area (Å²) in [6.07, 6.45) is -0.846. The number of hydrogen-bond donors (Lipinski definition) is 4. The Kier molecular flexibility index (Phi) is 13.2. The number of ether oxygens (including phenoxy) is 3. The van der Waals surface area contributed by atoms with E-state index in [4.69, 9.17) is 14.2 Å². The second-order valence-corrected chi connectivity index (χ2v) is 14.6. The Morgan fingerprint density at radius 2 is 1.68 bits per heavy atom. The van der Waals surface area contributed by atoms with E-state index in [1.807, 2.05) is 86.8 Å². The highest BCUT2D eigenvalue weighted by molar-refractivity contribution is 7.09. The van der Waals surface area contributed by atoms with Crippen molar-refractivity contribution in [2.45, 2.75) is 89.6 Å². The second-order valence-electron chi connectivity index (χ2n) is 13.5. The van der Waals surface area contributed by atoms with E-state index < -0.39 is 42.5 Å². The van der Waals surface area contributed by atoms with Crippen LogP contribution in [0.2, 0.25) is 0 Å². The average molecular weight is 708 g/mol. The minimum atomic E-state index is -1.06. The van der Waals surface area contributed by atoms with Crippen LogP contribution in [0.1, 0.15) is 48.5 Å². The maximum atomic E-state index is 13.9. The number of thiazole rings is 1. The van der Waals surface area contributed by atoms with Gasteiger partial charge in [0.1, 0.15) is 12.1 Å². The molecular formula is C37H49N5O7S. The molecule has 0 radical (unpaired) electrons. The SMILES string of the molecule is Cc1nc(CN(C)C(=O)N[C@H](C(=O)N[C@@H](Cc2ccccc2)C[C@H](O)[C@H](Cc2ccccc2)NC(=O)O[C@@H]2CO[C@@H]3OCC[C@@H]32)C(C)C)cs1. The largest absolute Gasteiger partial charge is 0.443 e. The van der Waals surface area contributed by atoms with Crippen molar-refractivity contribution in [3.8, 4) is 0 Å². The number of nitrogens with one attached hydrogen (secondary N) is 3. The zero-order chi connectivity index (χ0) is 35.6. The molecule has 50 heavy (non-hydrogen) atoms. The third-order valence-electron chi connectivity index (χ3n) is 9.15. The number of carbonyl (C=O) groups is 3. The molecule has 13 heteroatoms. The molecule has 2 fully saturated rings. The summed E-state index contributed by atoms with van der Waals surface area (Å²) >= 11 is 1.52. The third-order valence-corrected chi connectivity index (χ3v) is 9.97. The predicted octanol–water partition coefficient (Wildman–Crippen LogP) is 4.19. The molecular weight excluding hydrogens is 659 g/mol. The van der Waals surface area contributed by atoms with Crippen molar-refractivity contribution in [3.63, 3.8) is 0 Å². The summed E-state index contributed by atoms with van der Waals surface area (Å²) in [4.78, 5) is 46.2. The maximum absolute atomic E-state index is 13.9. The summed E-state index contributed by atoms with van der Waals surface area (Å²) in [6.45, 7) is 6.78. The predicted molar refractivity (Wildman–Crippen MR) is 189 cm³/mol. The number of urea groups is 1. The normalized spacial score (nSPS) is 20.7. The van der Waals surface area contributed by atoms with Crippen molar-refractivity contribution >= 4 is 29.4 Å². The van der Waals surface area contributed by atoms with Crippen molar-refractivity contribution in [3.05, 3.63) is 87.9 Å². The maximum Gasteiger partial charge on any atom is 0.407 e. The van der Waals surface area contributed by atoms with Crippen LogP contribution in [0.15, 0.2) is 66.0 Å². The number of carbonyl (C=O) groups excluding carboxylic acids is 3. The summed E-state index contributed by atoms with van der Waals surface area (Å²) < 4.78 is 17.0. The summed E-state index contributed by atoms with van der Waals surface area (Å²) in [5.41, 5.74) is 2.67. The number of aromatic nitrogens is 1. The average Bonchev–Trinajstić information content (AvgIpc) is 3.82. The molecule has 270 valence electrons. The Bertz CT molecular complexity index is 1540. The van der Waals surface area contributed by atoms with Gasteiger partial charge < -0.3 is 40.2 Å². The number of aryl methyl sites for hydroxylation is 1. The molecule has 1 aromatic heterocycles. The first-order chi connectivity index (χ1) is 24.0. The molecule has 5 rings (SSSR count). The molecule has 2 aliphatic heterocycles. The minimum absolute atomic E-state index is 0.0191. The lowest BCUT2D eigenvalue weighted by Gasteiger charge is -2.31. The molecule has 3 aromatic rings. The van der Waals surface area contributed by atoms with E-state index in [1.165, 1.54) is 16.2 Å². The Hall–Kier alpha value is -4.04. The number of amides is 4. The van der Waals surface area contributed by atoms with Crippen LogP contribution in [0.5, 0.6) is 0 Å². The van der Waals surface area contributed by atoms with Crippen LogP contribution in [0.25, 0.3) is 0 Å². The molecule has 0 unspecified atom stereocenters. The Morgan fingerprint density at radius 3 is 2.32 bits per heavy atom. The van der Waals surface area contributed by atoms with Gasteiger partial charge in [0.15, 0.2) is 6.29 Å². The quantitative estimate of drug-likeness (QED) is 0.184. The van der Waals surface area contributed by atoms with Crippen LogP contribution in [-0.2, 0) is 38.4 Å². The number of aliphatic hydroxyl groups excluding tert-OH is 1. The number of benzene rings is 2. The standard InChI is InChI=1S/C37H49N5O7S/c1-23(2)33(41-36(45)42(4)20-28-22-50-24(3)38-28)34(44)39-27(17-25-11-7-5-8-12-25)19-31(43)30(18-26-13-9-6-10-14-26)40-37(46)49-32-21-48-35-29(32)15-16-47-35/h5-14,22-23,27,29-33,35,43H,15-21H2,1-4H3,(H,39,44)(H,40,46)(H,41,45)/t27-,29+,30-,31-,32+,33-,35-/m0/s1. The van der Waals surface area contributed by atoms with Crippen LogP contribution >= 0.6 is 11.3 Å².